The molecule has 1 heterocycles. The molecule has 2 atom stereocenters. The van der Waals surface area contributed by atoms with E-state index in [-0.39, 0.29) is 12.1 Å². The third-order valence-corrected chi connectivity index (χ3v) is 2.40. The van der Waals surface area contributed by atoms with Crippen LogP contribution in [0.1, 0.15) is 44.5 Å². The van der Waals surface area contributed by atoms with Gasteiger partial charge in [0.05, 0.1) is 12.0 Å². The zero-order chi connectivity index (χ0) is 10.6. The predicted molar refractivity (Wildman–Crippen MR) is 57.6 cm³/mol. The molecule has 0 bridgehead atoms. The minimum atomic E-state index is 0.0534. The highest BCUT2D eigenvalue weighted by atomic mass is 15.1. The van der Waals surface area contributed by atoms with Crippen LogP contribution in [-0.4, -0.2) is 9.55 Å². The Labute approximate surface area is 85.3 Å². The van der Waals surface area contributed by atoms with Crippen molar-refractivity contribution in [3.8, 4) is 12.3 Å². The Bertz CT molecular complexity index is 322. The van der Waals surface area contributed by atoms with E-state index in [4.69, 9.17) is 12.2 Å². The molecule has 0 amide bonds. The Balaban J connectivity index is 2.87. The Morgan fingerprint density at radius 3 is 3.00 bits per heavy atom. The quantitative estimate of drug-likeness (QED) is 0.738. The van der Waals surface area contributed by atoms with Gasteiger partial charge in [-0.15, -0.1) is 12.3 Å². The minimum absolute atomic E-state index is 0.0534. The summed E-state index contributed by atoms with van der Waals surface area (Å²) in [5.74, 6) is 2.65. The molecule has 0 aliphatic carbocycles. The van der Waals surface area contributed by atoms with Gasteiger partial charge >= 0.3 is 0 Å². The molecule has 0 aliphatic heterocycles. The fraction of sp³-hybridized carbons (Fsp3) is 0.545. The highest BCUT2D eigenvalue weighted by molar-refractivity contribution is 5.06. The van der Waals surface area contributed by atoms with Crippen molar-refractivity contribution in [2.45, 2.75) is 38.8 Å². The highest BCUT2D eigenvalue weighted by Gasteiger charge is 2.12. The maximum atomic E-state index is 5.96. The van der Waals surface area contributed by atoms with Crippen LogP contribution in [0.2, 0.25) is 0 Å². The lowest BCUT2D eigenvalue weighted by atomic mass is 10.1. The van der Waals surface area contributed by atoms with E-state index in [2.05, 4.69) is 29.3 Å². The molecule has 0 saturated heterocycles. The van der Waals surface area contributed by atoms with Crippen molar-refractivity contribution in [3.05, 3.63) is 18.2 Å². The van der Waals surface area contributed by atoms with E-state index < -0.39 is 0 Å². The van der Waals surface area contributed by atoms with E-state index in [1.54, 1.807) is 6.33 Å². The third kappa shape index (κ3) is 2.15. The Hall–Kier alpha value is -1.27. The fourth-order valence-corrected chi connectivity index (χ4v) is 1.45. The standard InChI is InChI=1S/C11H17N3/c1-4-6-9(3)14-8-13-7-11(14)10(12)5-2/h1,7-10H,5-6,12H2,2-3H3/t9?,10-/m1/s1. The average Bonchev–Trinajstić information content (AvgIpc) is 2.65. The third-order valence-electron chi connectivity index (χ3n) is 2.40. The molecule has 1 unspecified atom stereocenters. The first kappa shape index (κ1) is 10.8. The molecule has 14 heavy (non-hydrogen) atoms. The van der Waals surface area contributed by atoms with Crippen LogP contribution in [0, 0.1) is 12.3 Å². The lowest BCUT2D eigenvalue weighted by Gasteiger charge is -2.17. The van der Waals surface area contributed by atoms with Gasteiger partial charge in [-0.1, -0.05) is 6.92 Å². The number of nitrogens with zero attached hydrogens (tertiary/aromatic N) is 2. The summed E-state index contributed by atoms with van der Waals surface area (Å²) in [5.41, 5.74) is 7.03. The second-order valence-electron chi connectivity index (χ2n) is 3.50. The normalized spacial score (nSPS) is 14.7. The number of hydrogen-bond acceptors (Lipinski definition) is 2. The molecule has 1 aromatic rings. The largest absolute Gasteiger partial charge is 0.329 e. The number of imidazole rings is 1. The van der Waals surface area contributed by atoms with E-state index in [1.165, 1.54) is 0 Å². The van der Waals surface area contributed by atoms with Gasteiger partial charge in [-0.3, -0.25) is 0 Å². The predicted octanol–water partition coefficient (Wildman–Crippen LogP) is 1.88. The zero-order valence-electron chi connectivity index (χ0n) is 8.77. The molecule has 0 aromatic carbocycles. The van der Waals surface area contributed by atoms with E-state index >= 15 is 0 Å². The molecule has 0 fully saturated rings. The van der Waals surface area contributed by atoms with Crippen LogP contribution in [0.15, 0.2) is 12.5 Å². The molecule has 3 nitrogen and oxygen atoms in total. The fourth-order valence-electron chi connectivity index (χ4n) is 1.45. The Kier molecular flexibility index (Phi) is 3.73. The molecular formula is C11H17N3. The van der Waals surface area contributed by atoms with Gasteiger partial charge in [0.2, 0.25) is 0 Å². The SMILES string of the molecule is C#CCC(C)n1cncc1[C@H](N)CC. The Morgan fingerprint density at radius 2 is 2.43 bits per heavy atom. The molecule has 1 rings (SSSR count). The second kappa shape index (κ2) is 4.83. The smallest absolute Gasteiger partial charge is 0.0951 e. The molecular weight excluding hydrogens is 174 g/mol. The molecule has 0 saturated carbocycles. The van der Waals surface area contributed by atoms with Crippen molar-refractivity contribution >= 4 is 0 Å². The summed E-state index contributed by atoms with van der Waals surface area (Å²) in [7, 11) is 0. The van der Waals surface area contributed by atoms with Gasteiger partial charge in [-0.2, -0.15) is 0 Å². The van der Waals surface area contributed by atoms with E-state index in [1.807, 2.05) is 6.20 Å². The van der Waals surface area contributed by atoms with Crippen molar-refractivity contribution in [1.82, 2.24) is 9.55 Å². The average molecular weight is 191 g/mol. The summed E-state index contributed by atoms with van der Waals surface area (Å²) < 4.78 is 2.06. The van der Waals surface area contributed by atoms with Crippen molar-refractivity contribution < 1.29 is 0 Å². The monoisotopic (exact) mass is 191 g/mol. The van der Waals surface area contributed by atoms with Crippen LogP contribution in [0.4, 0.5) is 0 Å². The highest BCUT2D eigenvalue weighted by Crippen LogP contribution is 2.19. The van der Waals surface area contributed by atoms with E-state index in [0.717, 1.165) is 12.1 Å². The number of terminal acetylenes is 1. The van der Waals surface area contributed by atoms with Crippen molar-refractivity contribution in [3.63, 3.8) is 0 Å². The summed E-state index contributed by atoms with van der Waals surface area (Å²) in [4.78, 5) is 4.11. The molecule has 2 N–H and O–H groups in total. The molecule has 3 heteroatoms. The van der Waals surface area contributed by atoms with Gasteiger partial charge in [0.1, 0.15) is 0 Å². The van der Waals surface area contributed by atoms with Crippen LogP contribution >= 0.6 is 0 Å². The van der Waals surface area contributed by atoms with E-state index in [0.29, 0.717) is 6.42 Å². The topological polar surface area (TPSA) is 43.8 Å². The Morgan fingerprint density at radius 1 is 1.71 bits per heavy atom. The van der Waals surface area contributed by atoms with Gasteiger partial charge in [0.25, 0.3) is 0 Å². The maximum Gasteiger partial charge on any atom is 0.0951 e. The van der Waals surface area contributed by atoms with Gasteiger partial charge in [-0.05, 0) is 13.3 Å². The van der Waals surface area contributed by atoms with Crippen LogP contribution in [0.5, 0.6) is 0 Å². The van der Waals surface area contributed by atoms with Crippen LogP contribution in [0.25, 0.3) is 0 Å². The van der Waals surface area contributed by atoms with Crippen molar-refractivity contribution in [1.29, 1.82) is 0 Å². The summed E-state index contributed by atoms with van der Waals surface area (Å²) >= 11 is 0. The lowest BCUT2D eigenvalue weighted by molar-refractivity contribution is 0.510. The molecule has 0 aliphatic rings. The van der Waals surface area contributed by atoms with Crippen molar-refractivity contribution in [2.24, 2.45) is 5.73 Å². The number of aromatic nitrogens is 2. The molecule has 0 spiro atoms. The second-order valence-corrected chi connectivity index (χ2v) is 3.50. The molecule has 0 radical (unpaired) electrons. The first-order valence-corrected chi connectivity index (χ1v) is 4.91. The number of nitrogens with two attached hydrogens (primary N) is 1. The summed E-state index contributed by atoms with van der Waals surface area (Å²) in [6, 6.07) is 0.327. The zero-order valence-corrected chi connectivity index (χ0v) is 8.77. The molecule has 1 aromatic heterocycles. The maximum absolute atomic E-state index is 5.96. The van der Waals surface area contributed by atoms with Gasteiger partial charge < -0.3 is 10.3 Å². The van der Waals surface area contributed by atoms with Gasteiger partial charge in [-0.25, -0.2) is 4.98 Å². The van der Waals surface area contributed by atoms with Crippen LogP contribution in [0.3, 0.4) is 0 Å². The first-order chi connectivity index (χ1) is 6.70. The summed E-state index contributed by atoms with van der Waals surface area (Å²) in [6.07, 6.45) is 10.5. The first-order valence-electron chi connectivity index (χ1n) is 4.91. The summed E-state index contributed by atoms with van der Waals surface area (Å²) in [5, 5.41) is 0. The van der Waals surface area contributed by atoms with Crippen LogP contribution < -0.4 is 5.73 Å². The minimum Gasteiger partial charge on any atom is -0.329 e. The molecule has 76 valence electrons. The van der Waals surface area contributed by atoms with Gasteiger partial charge in [0.15, 0.2) is 0 Å². The number of rotatable bonds is 4. The van der Waals surface area contributed by atoms with E-state index in [9.17, 15) is 0 Å². The van der Waals surface area contributed by atoms with Gasteiger partial charge in [0, 0.05) is 24.7 Å². The number of hydrogen-bond donors (Lipinski definition) is 1. The lowest BCUT2D eigenvalue weighted by Crippen LogP contribution is -2.16. The van der Waals surface area contributed by atoms with Crippen molar-refractivity contribution in [2.75, 3.05) is 0 Å². The summed E-state index contributed by atoms with van der Waals surface area (Å²) in [6.45, 7) is 4.14. The van der Waals surface area contributed by atoms with Crippen LogP contribution in [-0.2, 0) is 0 Å².